The molecule has 0 N–H and O–H groups in total. The van der Waals surface area contributed by atoms with Crippen LogP contribution in [0.4, 0.5) is 17.1 Å². The molecule has 0 unspecified atom stereocenters. The molecule has 0 amide bonds. The van der Waals surface area contributed by atoms with Crippen LogP contribution >= 0.6 is 0 Å². The molecule has 248 valence electrons. The zero-order chi connectivity index (χ0) is 33.8. The normalized spacial score (nSPS) is 25.9. The van der Waals surface area contributed by atoms with E-state index in [9.17, 15) is 0 Å². The molecule has 4 bridgehead atoms. The molecule has 52 heavy (non-hydrogen) atoms. The average Bonchev–Trinajstić information content (AvgIpc) is 3.65. The SMILES string of the molecule is c1ccc2c(c1)-c1ccccc1[Si]21c2ccccc2-c2ccc(N3c4ccccc4C4(c5cc6ccccc6cc53)C3CC5CC(C3)CC4C5)cc21. The second-order valence-electron chi connectivity index (χ2n) is 16.9. The first-order valence-corrected chi connectivity index (χ1v) is 21.6. The number of anilines is 3. The molecule has 4 fully saturated rings. The molecule has 0 saturated heterocycles. The lowest BCUT2D eigenvalue weighted by Gasteiger charge is -2.64. The highest BCUT2D eigenvalue weighted by molar-refractivity contribution is 7.24. The summed E-state index contributed by atoms with van der Waals surface area (Å²) >= 11 is 0. The third-order valence-electron chi connectivity index (χ3n) is 14.8. The molecular formula is C50H39NSi. The quantitative estimate of drug-likeness (QED) is 0.156. The number of hydrogen-bond donors (Lipinski definition) is 0. The predicted octanol–water partition coefficient (Wildman–Crippen LogP) is 9.70. The maximum absolute atomic E-state index is 2.69. The molecule has 0 radical (unpaired) electrons. The number of fused-ring (bicyclic) bond motifs is 13. The van der Waals surface area contributed by atoms with Crippen LogP contribution in [-0.4, -0.2) is 8.07 Å². The van der Waals surface area contributed by atoms with Crippen molar-refractivity contribution in [1.29, 1.82) is 0 Å². The Labute approximate surface area is 306 Å². The van der Waals surface area contributed by atoms with Gasteiger partial charge in [0.05, 0.1) is 11.4 Å². The molecule has 2 spiro atoms. The van der Waals surface area contributed by atoms with Gasteiger partial charge in [-0.2, -0.15) is 0 Å². The lowest BCUT2D eigenvalue weighted by molar-refractivity contribution is -0.0418. The molecule has 7 aliphatic rings. The molecule has 14 rings (SSSR count). The van der Waals surface area contributed by atoms with E-state index in [0.29, 0.717) is 11.8 Å². The van der Waals surface area contributed by atoms with Crippen molar-refractivity contribution < 1.29 is 0 Å². The standard InChI is InChI=1S/C50H39NSi/c1-2-12-34-29-45-43(28-33(34)11-1)50(35-24-31-23-32(26-35)27-36(50)25-31)42-16-6-7-17-44(42)51(45)37-21-22-41-40-15-5-10-20-48(40)52(49(41)30-37)46-18-8-3-13-38(46)39-14-4-9-19-47(39)52/h1-22,28-32,35-36H,23-27H2. The summed E-state index contributed by atoms with van der Waals surface area (Å²) in [5.74, 6) is 3.25. The van der Waals surface area contributed by atoms with Crippen LogP contribution < -0.4 is 25.6 Å². The Morgan fingerprint density at radius 3 is 1.58 bits per heavy atom. The van der Waals surface area contributed by atoms with Crippen molar-refractivity contribution in [1.82, 2.24) is 0 Å². The molecule has 0 atom stereocenters. The third kappa shape index (κ3) is 3.25. The van der Waals surface area contributed by atoms with Gasteiger partial charge in [0.15, 0.2) is 8.07 Å². The van der Waals surface area contributed by atoms with Gasteiger partial charge in [0.2, 0.25) is 0 Å². The highest BCUT2D eigenvalue weighted by Gasteiger charge is 2.62. The van der Waals surface area contributed by atoms with Crippen LogP contribution in [0.15, 0.2) is 152 Å². The summed E-state index contributed by atoms with van der Waals surface area (Å²) in [4.78, 5) is 2.69. The summed E-state index contributed by atoms with van der Waals surface area (Å²) in [5.41, 5.74) is 13.0. The monoisotopic (exact) mass is 681 g/mol. The smallest absolute Gasteiger partial charge is 0.182 e. The van der Waals surface area contributed by atoms with Crippen molar-refractivity contribution in [3.8, 4) is 22.3 Å². The zero-order valence-corrected chi connectivity index (χ0v) is 30.2. The van der Waals surface area contributed by atoms with Crippen molar-refractivity contribution in [2.24, 2.45) is 23.7 Å². The maximum atomic E-state index is 2.69. The first kappa shape index (κ1) is 28.4. The average molecular weight is 682 g/mol. The van der Waals surface area contributed by atoms with Crippen molar-refractivity contribution in [2.75, 3.05) is 4.90 Å². The van der Waals surface area contributed by atoms with Crippen LogP contribution in [0.3, 0.4) is 0 Å². The van der Waals surface area contributed by atoms with Crippen molar-refractivity contribution >= 4 is 56.7 Å². The largest absolute Gasteiger partial charge is 0.310 e. The summed E-state index contributed by atoms with van der Waals surface area (Å²) in [6.45, 7) is 0. The van der Waals surface area contributed by atoms with Crippen LogP contribution in [0, 0.1) is 23.7 Å². The lowest BCUT2D eigenvalue weighted by Crippen LogP contribution is -2.70. The topological polar surface area (TPSA) is 3.24 Å². The Morgan fingerprint density at radius 2 is 0.942 bits per heavy atom. The fourth-order valence-corrected chi connectivity index (χ4v) is 19.0. The summed E-state index contributed by atoms with van der Waals surface area (Å²) in [5, 5.41) is 8.87. The van der Waals surface area contributed by atoms with Crippen LogP contribution in [0.2, 0.25) is 0 Å². The molecule has 4 saturated carbocycles. The van der Waals surface area contributed by atoms with Gasteiger partial charge in [-0.25, -0.2) is 0 Å². The van der Waals surface area contributed by atoms with Gasteiger partial charge in [-0.3, -0.25) is 0 Å². The minimum atomic E-state index is -2.56. The fraction of sp³-hybridized carbons (Fsp3) is 0.200. The van der Waals surface area contributed by atoms with Gasteiger partial charge < -0.3 is 4.90 Å². The van der Waals surface area contributed by atoms with Gasteiger partial charge in [0.25, 0.3) is 0 Å². The third-order valence-corrected chi connectivity index (χ3v) is 19.8. The van der Waals surface area contributed by atoms with Crippen LogP contribution in [0.25, 0.3) is 33.0 Å². The van der Waals surface area contributed by atoms with E-state index in [0.717, 1.165) is 11.8 Å². The zero-order valence-electron chi connectivity index (χ0n) is 29.2. The number of para-hydroxylation sites is 1. The Morgan fingerprint density at radius 1 is 0.423 bits per heavy atom. The fourth-order valence-electron chi connectivity index (χ4n) is 13.3. The summed E-state index contributed by atoms with van der Waals surface area (Å²) in [6, 6.07) is 59.5. The van der Waals surface area contributed by atoms with Crippen molar-refractivity contribution in [3.05, 3.63) is 163 Å². The number of nitrogens with zero attached hydrogens (tertiary/aromatic N) is 1. The Kier molecular flexibility index (Phi) is 5.36. The second-order valence-corrected chi connectivity index (χ2v) is 20.5. The lowest BCUT2D eigenvalue weighted by atomic mass is 9.41. The molecule has 2 heteroatoms. The molecule has 7 aromatic carbocycles. The number of rotatable bonds is 1. The molecule has 3 heterocycles. The van der Waals surface area contributed by atoms with Gasteiger partial charge in [0.1, 0.15) is 0 Å². The molecule has 0 aromatic heterocycles. The highest BCUT2D eigenvalue weighted by atomic mass is 28.3. The summed E-state index contributed by atoms with van der Waals surface area (Å²) in [6.07, 6.45) is 7.02. The van der Waals surface area contributed by atoms with Gasteiger partial charge in [-0.15, -0.1) is 0 Å². The van der Waals surface area contributed by atoms with E-state index in [4.69, 9.17) is 0 Å². The Hall–Kier alpha value is -5.18. The molecule has 3 aliphatic heterocycles. The Bertz CT molecular complexity index is 2590. The Balaban J connectivity index is 1.11. The van der Waals surface area contributed by atoms with E-state index in [1.165, 1.54) is 97.8 Å². The molecule has 1 nitrogen and oxygen atoms in total. The van der Waals surface area contributed by atoms with Crippen molar-refractivity contribution in [3.63, 3.8) is 0 Å². The van der Waals surface area contributed by atoms with E-state index in [1.54, 1.807) is 16.3 Å². The molecular weight excluding hydrogens is 643 g/mol. The van der Waals surface area contributed by atoms with Gasteiger partial charge in [0, 0.05) is 11.1 Å². The minimum Gasteiger partial charge on any atom is -0.310 e. The number of benzene rings is 7. The predicted molar refractivity (Wildman–Crippen MR) is 218 cm³/mol. The first-order chi connectivity index (χ1) is 25.7. The van der Waals surface area contributed by atoms with E-state index >= 15 is 0 Å². The van der Waals surface area contributed by atoms with Gasteiger partial charge >= 0.3 is 0 Å². The van der Waals surface area contributed by atoms with E-state index < -0.39 is 8.07 Å². The first-order valence-electron chi connectivity index (χ1n) is 19.6. The van der Waals surface area contributed by atoms with Gasteiger partial charge in [-0.1, -0.05) is 121 Å². The highest BCUT2D eigenvalue weighted by Crippen LogP contribution is 2.69. The number of hydrogen-bond acceptors (Lipinski definition) is 1. The minimum absolute atomic E-state index is 0.0755. The van der Waals surface area contributed by atoms with Gasteiger partial charge in [-0.05, 0) is 151 Å². The van der Waals surface area contributed by atoms with E-state index in [1.807, 2.05) is 0 Å². The van der Waals surface area contributed by atoms with E-state index in [-0.39, 0.29) is 5.41 Å². The summed E-state index contributed by atoms with van der Waals surface area (Å²) in [7, 11) is -2.56. The van der Waals surface area contributed by atoms with Crippen molar-refractivity contribution in [2.45, 2.75) is 37.5 Å². The van der Waals surface area contributed by atoms with Crippen LogP contribution in [0.1, 0.15) is 43.2 Å². The van der Waals surface area contributed by atoms with E-state index in [2.05, 4.69) is 157 Å². The maximum Gasteiger partial charge on any atom is 0.182 e. The molecule has 7 aromatic rings. The second kappa shape index (κ2) is 9.82. The summed E-state index contributed by atoms with van der Waals surface area (Å²) < 4.78 is 0. The molecule has 4 aliphatic carbocycles. The van der Waals surface area contributed by atoms with Crippen LogP contribution in [-0.2, 0) is 5.41 Å². The van der Waals surface area contributed by atoms with Crippen LogP contribution in [0.5, 0.6) is 0 Å².